The molecule has 116 valence electrons. The van der Waals surface area contributed by atoms with Crippen molar-refractivity contribution in [1.82, 2.24) is 10.2 Å². The van der Waals surface area contributed by atoms with E-state index in [1.807, 2.05) is 11.9 Å². The number of likely N-dealkylation sites (N-methyl/N-ethyl adjacent to an activating group) is 1. The monoisotopic (exact) mass is 311 g/mol. The second-order valence-electron chi connectivity index (χ2n) is 5.12. The summed E-state index contributed by atoms with van der Waals surface area (Å²) in [4.78, 5) is 26.1. The maximum atomic E-state index is 12.1. The molecule has 0 aromatic carbocycles. The lowest BCUT2D eigenvalue weighted by Gasteiger charge is -2.31. The summed E-state index contributed by atoms with van der Waals surface area (Å²) >= 11 is 1.26. The molecule has 0 aliphatic carbocycles. The van der Waals surface area contributed by atoms with E-state index in [4.69, 9.17) is 4.74 Å². The van der Waals surface area contributed by atoms with Crippen molar-refractivity contribution >= 4 is 28.9 Å². The molecule has 1 aliphatic heterocycles. The molecule has 1 atom stereocenters. The van der Waals surface area contributed by atoms with E-state index in [2.05, 4.69) is 10.6 Å². The zero-order valence-electron chi connectivity index (χ0n) is 12.3. The Bertz CT molecular complexity index is 497. The quantitative estimate of drug-likeness (QED) is 0.799. The number of nitrogens with zero attached hydrogens (tertiary/aromatic N) is 1. The number of nitrogens with one attached hydrogen (secondary N) is 2. The van der Waals surface area contributed by atoms with E-state index in [0.29, 0.717) is 23.2 Å². The summed E-state index contributed by atoms with van der Waals surface area (Å²) in [6.07, 6.45) is 2.23. The fraction of sp³-hybridized carbons (Fsp3) is 0.571. The number of anilines is 1. The predicted octanol–water partition coefficient (Wildman–Crippen LogP) is 1.16. The average molecular weight is 311 g/mol. The lowest BCUT2D eigenvalue weighted by molar-refractivity contribution is -0.117. The van der Waals surface area contributed by atoms with E-state index in [9.17, 15) is 9.59 Å². The van der Waals surface area contributed by atoms with Gasteiger partial charge in [0.25, 0.3) is 0 Å². The molecule has 0 saturated carbocycles. The number of methoxy groups -OCH3 is 1. The van der Waals surface area contributed by atoms with Crippen LogP contribution < -0.4 is 10.6 Å². The van der Waals surface area contributed by atoms with Crippen molar-refractivity contribution in [3.63, 3.8) is 0 Å². The summed E-state index contributed by atoms with van der Waals surface area (Å²) in [6, 6.07) is 2.10. The van der Waals surface area contributed by atoms with Crippen molar-refractivity contribution in [2.24, 2.45) is 0 Å². The first-order chi connectivity index (χ1) is 10.1. The second-order valence-corrected chi connectivity index (χ2v) is 6.03. The van der Waals surface area contributed by atoms with Crippen molar-refractivity contribution in [2.75, 3.05) is 39.1 Å². The molecule has 1 aromatic heterocycles. The van der Waals surface area contributed by atoms with E-state index < -0.39 is 5.97 Å². The smallest absolute Gasteiger partial charge is 0.350 e. The molecule has 6 nitrogen and oxygen atoms in total. The molecular formula is C14H21N3O3S. The minimum atomic E-state index is -0.426. The van der Waals surface area contributed by atoms with Crippen LogP contribution in [0, 0.1) is 0 Å². The number of ether oxygens (including phenoxy) is 1. The zero-order valence-corrected chi connectivity index (χ0v) is 13.2. The van der Waals surface area contributed by atoms with Gasteiger partial charge in [-0.2, -0.15) is 0 Å². The van der Waals surface area contributed by atoms with Crippen LogP contribution in [-0.2, 0) is 9.53 Å². The number of carbonyl (C=O) groups excluding carboxylic acids is 2. The average Bonchev–Trinajstić information content (AvgIpc) is 2.95. The van der Waals surface area contributed by atoms with Gasteiger partial charge in [0.2, 0.25) is 5.91 Å². The highest BCUT2D eigenvalue weighted by molar-refractivity contribution is 7.12. The van der Waals surface area contributed by atoms with Crippen LogP contribution in [0.5, 0.6) is 0 Å². The van der Waals surface area contributed by atoms with Crippen LogP contribution in [-0.4, -0.2) is 56.6 Å². The summed E-state index contributed by atoms with van der Waals surface area (Å²) in [5.74, 6) is -0.545. The number of thiophene rings is 1. The molecule has 1 saturated heterocycles. The first kappa shape index (κ1) is 15.9. The topological polar surface area (TPSA) is 70.7 Å². The Kier molecular flexibility index (Phi) is 5.72. The Morgan fingerprint density at radius 2 is 2.38 bits per heavy atom. The number of carbonyl (C=O) groups is 2. The third kappa shape index (κ3) is 4.26. The summed E-state index contributed by atoms with van der Waals surface area (Å²) in [5, 5.41) is 7.88. The molecule has 1 amide bonds. The van der Waals surface area contributed by atoms with Crippen LogP contribution in [0.25, 0.3) is 0 Å². The number of piperidine rings is 1. The summed E-state index contributed by atoms with van der Waals surface area (Å²) in [6.45, 7) is 2.27. The summed E-state index contributed by atoms with van der Waals surface area (Å²) in [7, 11) is 3.28. The fourth-order valence-corrected chi connectivity index (χ4v) is 3.18. The number of hydrogen-bond acceptors (Lipinski definition) is 6. The van der Waals surface area contributed by atoms with E-state index in [1.165, 1.54) is 18.4 Å². The van der Waals surface area contributed by atoms with Gasteiger partial charge in [-0.15, -0.1) is 11.3 Å². The Labute approximate surface area is 128 Å². The van der Waals surface area contributed by atoms with Crippen LogP contribution in [0.15, 0.2) is 11.4 Å². The number of rotatable bonds is 5. The third-order valence-electron chi connectivity index (χ3n) is 3.60. The minimum absolute atomic E-state index is 0.119. The van der Waals surface area contributed by atoms with Gasteiger partial charge in [0.05, 0.1) is 19.3 Å². The molecule has 0 radical (unpaired) electrons. The second kappa shape index (κ2) is 7.53. The van der Waals surface area contributed by atoms with Gasteiger partial charge in [0, 0.05) is 12.6 Å². The largest absolute Gasteiger partial charge is 0.465 e. The molecule has 2 N–H and O–H groups in total. The Morgan fingerprint density at radius 3 is 3.05 bits per heavy atom. The molecule has 0 spiro atoms. The molecule has 0 bridgehead atoms. The van der Waals surface area contributed by atoms with Gasteiger partial charge in [-0.25, -0.2) is 4.79 Å². The van der Waals surface area contributed by atoms with Crippen molar-refractivity contribution in [1.29, 1.82) is 0 Å². The van der Waals surface area contributed by atoms with Crippen LogP contribution >= 0.6 is 11.3 Å². The lowest BCUT2D eigenvalue weighted by Crippen LogP contribution is -2.46. The standard InChI is InChI=1S/C14H21N3O3S/c1-17(10-4-3-6-15-8-10)9-12(18)16-11-5-7-21-13(11)14(19)20-2/h5,7,10,15H,3-4,6,8-9H2,1-2H3,(H,16,18). The van der Waals surface area contributed by atoms with Gasteiger partial charge in [0.1, 0.15) is 4.88 Å². The van der Waals surface area contributed by atoms with Gasteiger partial charge in [-0.05, 0) is 37.9 Å². The van der Waals surface area contributed by atoms with Crippen molar-refractivity contribution in [3.8, 4) is 0 Å². The van der Waals surface area contributed by atoms with Gasteiger partial charge in [0.15, 0.2) is 0 Å². The van der Waals surface area contributed by atoms with Crippen molar-refractivity contribution in [3.05, 3.63) is 16.3 Å². The highest BCUT2D eigenvalue weighted by Crippen LogP contribution is 2.23. The summed E-state index contributed by atoms with van der Waals surface area (Å²) in [5.41, 5.74) is 0.520. The van der Waals surface area contributed by atoms with E-state index in [-0.39, 0.29) is 5.91 Å². The van der Waals surface area contributed by atoms with Gasteiger partial charge < -0.3 is 15.4 Å². The number of amides is 1. The maximum Gasteiger partial charge on any atom is 0.350 e. The molecule has 2 rings (SSSR count). The molecule has 1 fully saturated rings. The van der Waals surface area contributed by atoms with Crippen LogP contribution in [0.4, 0.5) is 5.69 Å². The van der Waals surface area contributed by atoms with E-state index >= 15 is 0 Å². The van der Waals surface area contributed by atoms with Crippen molar-refractivity contribution in [2.45, 2.75) is 18.9 Å². The maximum absolute atomic E-state index is 12.1. The molecule has 2 heterocycles. The molecule has 1 aromatic rings. The number of hydrogen-bond donors (Lipinski definition) is 2. The Hall–Kier alpha value is -1.44. The SMILES string of the molecule is COC(=O)c1sccc1NC(=O)CN(C)C1CCCNC1. The highest BCUT2D eigenvalue weighted by atomic mass is 32.1. The fourth-order valence-electron chi connectivity index (χ4n) is 2.41. The molecule has 7 heteroatoms. The zero-order chi connectivity index (χ0) is 15.2. The van der Waals surface area contributed by atoms with Gasteiger partial charge >= 0.3 is 5.97 Å². The normalized spacial score (nSPS) is 18.5. The first-order valence-electron chi connectivity index (χ1n) is 6.98. The molecular weight excluding hydrogens is 290 g/mol. The van der Waals surface area contributed by atoms with Gasteiger partial charge in [-0.1, -0.05) is 0 Å². The summed E-state index contributed by atoms with van der Waals surface area (Å²) < 4.78 is 4.69. The van der Waals surface area contributed by atoms with Crippen LogP contribution in [0.1, 0.15) is 22.5 Å². The minimum Gasteiger partial charge on any atom is -0.465 e. The number of esters is 1. The van der Waals surface area contributed by atoms with Crippen LogP contribution in [0.3, 0.4) is 0 Å². The van der Waals surface area contributed by atoms with Crippen LogP contribution in [0.2, 0.25) is 0 Å². The third-order valence-corrected chi connectivity index (χ3v) is 4.49. The molecule has 21 heavy (non-hydrogen) atoms. The Morgan fingerprint density at radius 1 is 1.57 bits per heavy atom. The lowest BCUT2D eigenvalue weighted by atomic mass is 10.1. The van der Waals surface area contributed by atoms with Crippen molar-refractivity contribution < 1.29 is 14.3 Å². The molecule has 1 unspecified atom stereocenters. The highest BCUT2D eigenvalue weighted by Gasteiger charge is 2.21. The van der Waals surface area contributed by atoms with E-state index in [1.54, 1.807) is 11.4 Å². The van der Waals surface area contributed by atoms with E-state index in [0.717, 1.165) is 25.9 Å². The Balaban J connectivity index is 1.89. The first-order valence-corrected chi connectivity index (χ1v) is 7.86. The predicted molar refractivity (Wildman–Crippen MR) is 82.8 cm³/mol. The van der Waals surface area contributed by atoms with Gasteiger partial charge in [-0.3, -0.25) is 9.69 Å². The molecule has 1 aliphatic rings.